The Morgan fingerprint density at radius 3 is 2.68 bits per heavy atom. The molecule has 0 fully saturated rings. The van der Waals surface area contributed by atoms with Gasteiger partial charge in [-0.15, -0.1) is 0 Å². The highest BCUT2D eigenvalue weighted by Crippen LogP contribution is 2.34. The third-order valence-corrected chi connectivity index (χ3v) is 2.43. The quantitative estimate of drug-likeness (QED) is 0.624. The Balaban J connectivity index is 2.51. The van der Waals surface area contributed by atoms with Crippen molar-refractivity contribution in [2.24, 2.45) is 0 Å². The van der Waals surface area contributed by atoms with Crippen LogP contribution in [0.25, 0.3) is 11.3 Å². The van der Waals surface area contributed by atoms with Crippen LogP contribution in [0.2, 0.25) is 0 Å². The van der Waals surface area contributed by atoms with E-state index in [4.69, 9.17) is 5.11 Å². The fourth-order valence-corrected chi connectivity index (χ4v) is 1.63. The molecule has 19 heavy (non-hydrogen) atoms. The number of rotatable bonds is 3. The molecule has 2 rings (SSSR count). The Kier molecular flexibility index (Phi) is 3.19. The number of para-hydroxylation sites is 1. The number of aromatic carboxylic acids is 1. The Hall–Kier alpha value is -2.83. The molecular weight excluding hydrogens is 250 g/mol. The smallest absolute Gasteiger partial charge is 0.353 e. The Bertz CT molecular complexity index is 648. The van der Waals surface area contributed by atoms with E-state index >= 15 is 0 Å². The number of hydrogen-bond acceptors (Lipinski definition) is 4. The van der Waals surface area contributed by atoms with Gasteiger partial charge in [-0.25, -0.2) is 4.79 Å². The number of carbonyl (C=O) groups excluding carboxylic acids is 1. The number of benzene rings is 1. The summed E-state index contributed by atoms with van der Waals surface area (Å²) in [6.45, 7) is 1.31. The molecule has 0 radical (unpaired) electrons. The standard InChI is InChI=1S/C12H11N3O4/c1-6(16)13-11-7(3-2-4-10(11)17)8-5-9(12(18)19)15-14-8/h2-5,17H,1H3,(H,13,16)(H,14,15)(H,18,19). The van der Waals surface area contributed by atoms with Crippen LogP contribution in [0.5, 0.6) is 5.75 Å². The van der Waals surface area contributed by atoms with Crippen LogP contribution in [0, 0.1) is 0 Å². The second kappa shape index (κ2) is 4.81. The van der Waals surface area contributed by atoms with E-state index in [0.717, 1.165) is 0 Å². The molecule has 1 aromatic carbocycles. The second-order valence-electron chi connectivity index (χ2n) is 3.85. The molecule has 2 aromatic rings. The van der Waals surface area contributed by atoms with Gasteiger partial charge in [-0.3, -0.25) is 9.89 Å². The highest BCUT2D eigenvalue weighted by molar-refractivity contribution is 5.96. The minimum Gasteiger partial charge on any atom is -0.506 e. The summed E-state index contributed by atoms with van der Waals surface area (Å²) in [4.78, 5) is 21.9. The summed E-state index contributed by atoms with van der Waals surface area (Å²) in [5.74, 6) is -1.61. The summed E-state index contributed by atoms with van der Waals surface area (Å²) in [5, 5.41) is 27.3. The van der Waals surface area contributed by atoms with Crippen molar-refractivity contribution in [3.63, 3.8) is 0 Å². The number of anilines is 1. The summed E-state index contributed by atoms with van der Waals surface area (Å²) in [5.41, 5.74) is 0.863. The number of phenols is 1. The van der Waals surface area contributed by atoms with Gasteiger partial charge in [-0.05, 0) is 12.1 Å². The summed E-state index contributed by atoms with van der Waals surface area (Å²) in [7, 11) is 0. The van der Waals surface area contributed by atoms with Gasteiger partial charge >= 0.3 is 5.97 Å². The van der Waals surface area contributed by atoms with E-state index in [1.54, 1.807) is 12.1 Å². The fraction of sp³-hybridized carbons (Fsp3) is 0.0833. The van der Waals surface area contributed by atoms with Crippen LogP contribution in [-0.2, 0) is 4.79 Å². The van der Waals surface area contributed by atoms with Crippen LogP contribution in [0.4, 0.5) is 5.69 Å². The summed E-state index contributed by atoms with van der Waals surface area (Å²) >= 11 is 0. The van der Waals surface area contributed by atoms with Gasteiger partial charge in [0, 0.05) is 12.5 Å². The molecule has 0 saturated carbocycles. The fourth-order valence-electron chi connectivity index (χ4n) is 1.63. The topological polar surface area (TPSA) is 115 Å². The first-order valence-corrected chi connectivity index (χ1v) is 5.37. The van der Waals surface area contributed by atoms with Crippen LogP contribution in [-0.4, -0.2) is 32.3 Å². The molecular formula is C12H11N3O4. The number of aromatic amines is 1. The maximum atomic E-state index is 11.1. The van der Waals surface area contributed by atoms with Crippen molar-refractivity contribution < 1.29 is 19.8 Å². The molecule has 0 saturated heterocycles. The molecule has 1 heterocycles. The van der Waals surface area contributed by atoms with Crippen molar-refractivity contribution in [3.05, 3.63) is 30.0 Å². The molecule has 0 bridgehead atoms. The molecule has 0 unspecified atom stereocenters. The second-order valence-corrected chi connectivity index (χ2v) is 3.85. The SMILES string of the molecule is CC(=O)Nc1c(O)cccc1-c1cc(C(=O)O)[nH]n1. The van der Waals surface area contributed by atoms with Crippen LogP contribution in [0.3, 0.4) is 0 Å². The van der Waals surface area contributed by atoms with E-state index in [1.165, 1.54) is 19.1 Å². The lowest BCUT2D eigenvalue weighted by molar-refractivity contribution is -0.114. The van der Waals surface area contributed by atoms with Crippen molar-refractivity contribution in [1.82, 2.24) is 10.2 Å². The lowest BCUT2D eigenvalue weighted by atomic mass is 10.1. The number of nitrogens with zero attached hydrogens (tertiary/aromatic N) is 1. The molecule has 0 aliphatic rings. The maximum Gasteiger partial charge on any atom is 0.353 e. The summed E-state index contributed by atoms with van der Waals surface area (Å²) in [6, 6.07) is 5.93. The van der Waals surface area contributed by atoms with Gasteiger partial charge in [-0.2, -0.15) is 5.10 Å². The molecule has 0 atom stereocenters. The number of aromatic nitrogens is 2. The number of amides is 1. The van der Waals surface area contributed by atoms with E-state index in [-0.39, 0.29) is 23.0 Å². The molecule has 1 aromatic heterocycles. The van der Waals surface area contributed by atoms with Crippen molar-refractivity contribution in [2.75, 3.05) is 5.32 Å². The molecule has 0 aliphatic carbocycles. The molecule has 1 amide bonds. The van der Waals surface area contributed by atoms with Gasteiger partial charge in [-0.1, -0.05) is 12.1 Å². The first kappa shape index (κ1) is 12.6. The van der Waals surface area contributed by atoms with E-state index in [0.29, 0.717) is 11.3 Å². The first-order valence-electron chi connectivity index (χ1n) is 5.37. The zero-order valence-corrected chi connectivity index (χ0v) is 9.97. The van der Waals surface area contributed by atoms with E-state index in [9.17, 15) is 14.7 Å². The molecule has 7 heteroatoms. The van der Waals surface area contributed by atoms with Crippen molar-refractivity contribution >= 4 is 17.6 Å². The van der Waals surface area contributed by atoms with E-state index in [2.05, 4.69) is 15.5 Å². The molecule has 0 spiro atoms. The molecule has 98 valence electrons. The van der Waals surface area contributed by atoms with Crippen molar-refractivity contribution in [1.29, 1.82) is 0 Å². The number of H-pyrrole nitrogens is 1. The zero-order valence-electron chi connectivity index (χ0n) is 9.97. The van der Waals surface area contributed by atoms with Gasteiger partial charge in [0.2, 0.25) is 5.91 Å². The molecule has 7 nitrogen and oxygen atoms in total. The number of nitrogens with one attached hydrogen (secondary N) is 2. The third-order valence-electron chi connectivity index (χ3n) is 2.43. The Morgan fingerprint density at radius 2 is 2.11 bits per heavy atom. The van der Waals surface area contributed by atoms with Gasteiger partial charge in [0.05, 0.1) is 11.4 Å². The van der Waals surface area contributed by atoms with E-state index in [1.807, 2.05) is 0 Å². The van der Waals surface area contributed by atoms with Gasteiger partial charge in [0.1, 0.15) is 11.4 Å². The highest BCUT2D eigenvalue weighted by atomic mass is 16.4. The zero-order chi connectivity index (χ0) is 14.0. The van der Waals surface area contributed by atoms with Gasteiger partial charge in [0.15, 0.2) is 0 Å². The average Bonchev–Trinajstić information content (AvgIpc) is 2.80. The molecule has 4 N–H and O–H groups in total. The predicted octanol–water partition coefficient (Wildman–Crippen LogP) is 1.44. The minimum atomic E-state index is -1.14. The number of hydrogen-bond donors (Lipinski definition) is 4. The lowest BCUT2D eigenvalue weighted by Gasteiger charge is -2.09. The first-order chi connectivity index (χ1) is 8.99. The largest absolute Gasteiger partial charge is 0.506 e. The summed E-state index contributed by atoms with van der Waals surface area (Å²) < 4.78 is 0. The number of carboxylic acid groups (broad SMARTS) is 1. The van der Waals surface area contributed by atoms with Crippen molar-refractivity contribution in [2.45, 2.75) is 6.92 Å². The Morgan fingerprint density at radius 1 is 1.37 bits per heavy atom. The highest BCUT2D eigenvalue weighted by Gasteiger charge is 2.15. The number of aromatic hydroxyl groups is 1. The predicted molar refractivity (Wildman–Crippen MR) is 67.0 cm³/mol. The van der Waals surface area contributed by atoms with Crippen LogP contribution >= 0.6 is 0 Å². The maximum absolute atomic E-state index is 11.1. The van der Waals surface area contributed by atoms with E-state index < -0.39 is 5.97 Å². The average molecular weight is 261 g/mol. The van der Waals surface area contributed by atoms with Crippen molar-refractivity contribution in [3.8, 4) is 17.0 Å². The number of carbonyl (C=O) groups is 2. The molecule has 0 aliphatic heterocycles. The summed E-state index contributed by atoms with van der Waals surface area (Å²) in [6.07, 6.45) is 0. The normalized spacial score (nSPS) is 10.2. The third kappa shape index (κ3) is 2.54. The van der Waals surface area contributed by atoms with Crippen LogP contribution < -0.4 is 5.32 Å². The van der Waals surface area contributed by atoms with Crippen LogP contribution in [0.1, 0.15) is 17.4 Å². The number of phenolic OH excluding ortho intramolecular Hbond substituents is 1. The Labute approximate surface area is 107 Å². The lowest BCUT2D eigenvalue weighted by Crippen LogP contribution is -2.07. The minimum absolute atomic E-state index is 0.0767. The van der Waals surface area contributed by atoms with Crippen LogP contribution in [0.15, 0.2) is 24.3 Å². The van der Waals surface area contributed by atoms with Gasteiger partial charge < -0.3 is 15.5 Å². The monoisotopic (exact) mass is 261 g/mol. The number of carboxylic acids is 1. The van der Waals surface area contributed by atoms with Gasteiger partial charge in [0.25, 0.3) is 0 Å².